The summed E-state index contributed by atoms with van der Waals surface area (Å²) >= 11 is 1.42. The highest BCUT2D eigenvalue weighted by Crippen LogP contribution is 2.20. The van der Waals surface area contributed by atoms with Gasteiger partial charge < -0.3 is 5.32 Å². The number of fused-ring (bicyclic) bond motifs is 3. The Hall–Kier alpha value is -3.07. The number of carbonyl (C=O) groups excluding carboxylic acids is 1. The number of aryl methyl sites for hydroxylation is 2. The highest BCUT2D eigenvalue weighted by atomic mass is 32.1. The van der Waals surface area contributed by atoms with Crippen molar-refractivity contribution in [2.75, 3.05) is 0 Å². The molecule has 1 N–H and O–H groups in total. The van der Waals surface area contributed by atoms with Crippen LogP contribution in [0.15, 0.2) is 40.6 Å². The quantitative estimate of drug-likeness (QED) is 0.482. The fraction of sp³-hybridized carbons (Fsp3) is 0.350. The Bertz CT molecular complexity index is 1190. The highest BCUT2D eigenvalue weighted by Gasteiger charge is 2.17. The van der Waals surface area contributed by atoms with Gasteiger partial charge in [-0.25, -0.2) is 0 Å². The largest absolute Gasteiger partial charge is 0.350 e. The number of aromatic nitrogens is 5. The van der Waals surface area contributed by atoms with E-state index in [9.17, 15) is 9.59 Å². The van der Waals surface area contributed by atoms with Crippen LogP contribution >= 0.6 is 11.3 Å². The van der Waals surface area contributed by atoms with Gasteiger partial charge in [-0.3, -0.25) is 23.5 Å². The van der Waals surface area contributed by atoms with E-state index in [0.717, 1.165) is 24.1 Å². The molecule has 4 aromatic rings. The summed E-state index contributed by atoms with van der Waals surface area (Å²) in [5.41, 5.74) is 1.59. The van der Waals surface area contributed by atoms with Crippen LogP contribution in [0.25, 0.3) is 16.0 Å². The molecule has 4 rings (SSSR count). The van der Waals surface area contributed by atoms with Gasteiger partial charge in [-0.2, -0.15) is 0 Å². The lowest BCUT2D eigenvalue weighted by Crippen LogP contribution is -2.24. The van der Waals surface area contributed by atoms with Crippen LogP contribution in [-0.2, 0) is 24.3 Å². The number of hydrogen-bond acceptors (Lipinski definition) is 6. The van der Waals surface area contributed by atoms with Gasteiger partial charge >= 0.3 is 0 Å². The van der Waals surface area contributed by atoms with Gasteiger partial charge in [0.25, 0.3) is 5.56 Å². The van der Waals surface area contributed by atoms with Crippen molar-refractivity contribution < 1.29 is 4.79 Å². The third-order valence-electron chi connectivity index (χ3n) is 4.78. The molecule has 0 unspecified atom stereocenters. The predicted octanol–water partition coefficient (Wildman–Crippen LogP) is 2.55. The first-order valence-electron chi connectivity index (χ1n) is 9.69. The minimum atomic E-state index is -0.0757. The molecule has 4 heterocycles. The molecule has 29 heavy (non-hydrogen) atoms. The van der Waals surface area contributed by atoms with Crippen molar-refractivity contribution in [1.82, 2.24) is 29.5 Å². The Morgan fingerprint density at radius 2 is 2.14 bits per heavy atom. The zero-order chi connectivity index (χ0) is 20.2. The predicted molar refractivity (Wildman–Crippen MR) is 112 cm³/mol. The summed E-state index contributed by atoms with van der Waals surface area (Å²) in [5, 5.41) is 13.3. The smallest absolute Gasteiger partial charge is 0.272 e. The Balaban J connectivity index is 1.56. The Morgan fingerprint density at radius 1 is 1.24 bits per heavy atom. The van der Waals surface area contributed by atoms with Crippen LogP contribution in [0.2, 0.25) is 0 Å². The molecule has 0 aliphatic carbocycles. The first-order chi connectivity index (χ1) is 14.2. The molecule has 0 fully saturated rings. The van der Waals surface area contributed by atoms with E-state index in [2.05, 4.69) is 27.4 Å². The molecule has 9 heteroatoms. The summed E-state index contributed by atoms with van der Waals surface area (Å²) in [6.07, 6.45) is 4.30. The molecule has 4 aromatic heterocycles. The van der Waals surface area contributed by atoms with Gasteiger partial charge in [0.05, 0.1) is 17.8 Å². The lowest BCUT2D eigenvalue weighted by molar-refractivity contribution is -0.121. The van der Waals surface area contributed by atoms with Gasteiger partial charge in [-0.15, -0.1) is 21.5 Å². The first kappa shape index (κ1) is 19.3. The summed E-state index contributed by atoms with van der Waals surface area (Å²) in [5.74, 6) is 1.15. The zero-order valence-corrected chi connectivity index (χ0v) is 17.0. The molecule has 150 valence electrons. The number of rotatable bonds is 8. The molecule has 8 nitrogen and oxygen atoms in total. The van der Waals surface area contributed by atoms with Crippen molar-refractivity contribution in [3.63, 3.8) is 0 Å². The van der Waals surface area contributed by atoms with Crippen LogP contribution in [0.1, 0.15) is 37.7 Å². The first-order valence-corrected chi connectivity index (χ1v) is 10.6. The van der Waals surface area contributed by atoms with Gasteiger partial charge in [0.1, 0.15) is 10.5 Å². The Labute approximate surface area is 171 Å². The lowest BCUT2D eigenvalue weighted by atomic mass is 10.2. The summed E-state index contributed by atoms with van der Waals surface area (Å²) in [4.78, 5) is 29.3. The number of amides is 1. The molecule has 0 aliphatic rings. The molecule has 0 spiro atoms. The van der Waals surface area contributed by atoms with Crippen LogP contribution in [0, 0.1) is 0 Å². The van der Waals surface area contributed by atoms with Crippen LogP contribution in [0.5, 0.6) is 0 Å². The van der Waals surface area contributed by atoms with E-state index in [-0.39, 0.29) is 17.9 Å². The number of carbonyl (C=O) groups is 1. The average molecular weight is 411 g/mol. The molecular formula is C20H22N6O2S. The van der Waals surface area contributed by atoms with Gasteiger partial charge in [0.2, 0.25) is 11.7 Å². The van der Waals surface area contributed by atoms with E-state index in [1.165, 1.54) is 11.3 Å². The van der Waals surface area contributed by atoms with Crippen molar-refractivity contribution in [3.8, 4) is 0 Å². The van der Waals surface area contributed by atoms with Gasteiger partial charge in [0, 0.05) is 25.6 Å². The van der Waals surface area contributed by atoms with Crippen molar-refractivity contribution in [1.29, 1.82) is 0 Å². The molecule has 0 saturated heterocycles. The van der Waals surface area contributed by atoms with E-state index in [0.29, 0.717) is 35.8 Å². The molecule has 0 bridgehead atoms. The number of thiophene rings is 1. The molecule has 0 aliphatic heterocycles. The summed E-state index contributed by atoms with van der Waals surface area (Å²) in [7, 11) is 0. The number of nitrogens with zero attached hydrogens (tertiary/aromatic N) is 5. The van der Waals surface area contributed by atoms with E-state index >= 15 is 0 Å². The number of hydrogen-bond donors (Lipinski definition) is 1. The van der Waals surface area contributed by atoms with E-state index in [1.54, 1.807) is 10.8 Å². The van der Waals surface area contributed by atoms with Gasteiger partial charge in [-0.1, -0.05) is 19.4 Å². The van der Waals surface area contributed by atoms with Crippen molar-refractivity contribution in [2.45, 2.75) is 45.7 Å². The third kappa shape index (κ3) is 3.91. The molecule has 0 radical (unpaired) electrons. The number of pyridine rings is 1. The molecule has 0 saturated carbocycles. The van der Waals surface area contributed by atoms with E-state index in [4.69, 9.17) is 0 Å². The SMILES string of the molecule is CCCCn1c(=O)c2sccc2n2c(CCC(=O)NCc3ccccn3)nnc12. The molecule has 1 amide bonds. The fourth-order valence-electron chi connectivity index (χ4n) is 3.27. The molecular weight excluding hydrogens is 388 g/mol. The highest BCUT2D eigenvalue weighted by molar-refractivity contribution is 7.17. The maximum absolute atomic E-state index is 12.8. The minimum absolute atomic E-state index is 0.0250. The summed E-state index contributed by atoms with van der Waals surface area (Å²) < 4.78 is 4.30. The summed E-state index contributed by atoms with van der Waals surface area (Å²) in [6.45, 7) is 3.09. The van der Waals surface area contributed by atoms with Crippen LogP contribution < -0.4 is 10.9 Å². The second-order valence-corrected chi connectivity index (χ2v) is 7.71. The normalized spacial score (nSPS) is 11.3. The standard InChI is InChI=1S/C20H22N6O2S/c1-2-3-11-25-19(28)18-15(9-12-29-18)26-16(23-24-20(25)26)7-8-17(27)22-13-14-6-4-5-10-21-14/h4-6,9-10,12H,2-3,7-8,11,13H2,1H3,(H,22,27). The summed E-state index contributed by atoms with van der Waals surface area (Å²) in [6, 6.07) is 7.51. The molecule has 0 aromatic carbocycles. The fourth-order valence-corrected chi connectivity index (χ4v) is 4.09. The van der Waals surface area contributed by atoms with Crippen LogP contribution in [-0.4, -0.2) is 30.1 Å². The monoisotopic (exact) mass is 410 g/mol. The zero-order valence-electron chi connectivity index (χ0n) is 16.2. The van der Waals surface area contributed by atoms with Gasteiger partial charge in [-0.05, 0) is 30.0 Å². The van der Waals surface area contributed by atoms with Crippen LogP contribution in [0.3, 0.4) is 0 Å². The molecule has 0 atom stereocenters. The number of nitrogens with one attached hydrogen (secondary N) is 1. The minimum Gasteiger partial charge on any atom is -0.350 e. The van der Waals surface area contributed by atoms with E-state index in [1.807, 2.05) is 34.0 Å². The second-order valence-electron chi connectivity index (χ2n) is 6.79. The maximum Gasteiger partial charge on any atom is 0.272 e. The number of unbranched alkanes of at least 4 members (excludes halogenated alkanes) is 1. The van der Waals surface area contributed by atoms with Crippen molar-refractivity contribution >= 4 is 33.2 Å². The van der Waals surface area contributed by atoms with Crippen molar-refractivity contribution in [3.05, 3.63) is 57.7 Å². The van der Waals surface area contributed by atoms with E-state index < -0.39 is 0 Å². The van der Waals surface area contributed by atoms with Gasteiger partial charge in [0.15, 0.2) is 0 Å². The Morgan fingerprint density at radius 3 is 2.93 bits per heavy atom. The maximum atomic E-state index is 12.8. The lowest BCUT2D eigenvalue weighted by Gasteiger charge is -2.09. The second kappa shape index (κ2) is 8.52. The third-order valence-corrected chi connectivity index (χ3v) is 5.67. The topological polar surface area (TPSA) is 94.2 Å². The Kier molecular flexibility index (Phi) is 5.66. The average Bonchev–Trinajstić information content (AvgIpc) is 3.38. The van der Waals surface area contributed by atoms with Crippen LogP contribution in [0.4, 0.5) is 0 Å². The van der Waals surface area contributed by atoms with Crippen molar-refractivity contribution in [2.24, 2.45) is 0 Å².